The highest BCUT2D eigenvalue weighted by Crippen LogP contribution is 2.30. The van der Waals surface area contributed by atoms with Crippen LogP contribution in [-0.2, 0) is 0 Å². The number of benzene rings is 1. The molecule has 0 fully saturated rings. The van der Waals surface area contributed by atoms with Gasteiger partial charge >= 0.3 is 0 Å². The number of thiophene rings is 1. The molecule has 3 rings (SSSR count). The Balaban J connectivity index is 1.90. The Labute approximate surface area is 129 Å². The summed E-state index contributed by atoms with van der Waals surface area (Å²) in [7, 11) is 0. The molecule has 108 valence electrons. The standard InChI is InChI=1S/C17H19N3S/c1-12-11-16(14(3)21-12)13(2)20-10-9-18-17(20)19-15-7-5-4-6-8-15/h4-11,13H,1-3H3,(H,18,19). The summed E-state index contributed by atoms with van der Waals surface area (Å²) in [6.45, 7) is 6.56. The molecule has 0 aliphatic carbocycles. The molecule has 1 aromatic carbocycles. The van der Waals surface area contributed by atoms with Gasteiger partial charge in [0.15, 0.2) is 0 Å². The Kier molecular flexibility index (Phi) is 3.80. The SMILES string of the molecule is Cc1cc(C(C)n2ccnc2Nc2ccccc2)c(C)s1. The number of aryl methyl sites for hydroxylation is 2. The van der Waals surface area contributed by atoms with Crippen LogP contribution < -0.4 is 5.32 Å². The maximum Gasteiger partial charge on any atom is 0.207 e. The molecule has 4 heteroatoms. The molecule has 21 heavy (non-hydrogen) atoms. The highest BCUT2D eigenvalue weighted by atomic mass is 32.1. The zero-order valence-corrected chi connectivity index (χ0v) is 13.3. The largest absolute Gasteiger partial charge is 0.326 e. The summed E-state index contributed by atoms with van der Waals surface area (Å²) < 4.78 is 2.18. The van der Waals surface area contributed by atoms with Crippen LogP contribution in [0, 0.1) is 13.8 Å². The van der Waals surface area contributed by atoms with Gasteiger partial charge in [0.05, 0.1) is 6.04 Å². The fraction of sp³-hybridized carbons (Fsp3) is 0.235. The van der Waals surface area contributed by atoms with Crippen LogP contribution in [0.15, 0.2) is 48.8 Å². The first-order chi connectivity index (χ1) is 10.1. The Bertz CT molecular complexity index is 728. The van der Waals surface area contributed by atoms with Gasteiger partial charge in [0, 0.05) is 27.8 Å². The summed E-state index contributed by atoms with van der Waals surface area (Å²) in [6, 6.07) is 12.7. The van der Waals surface area contributed by atoms with E-state index >= 15 is 0 Å². The van der Waals surface area contributed by atoms with E-state index in [1.165, 1.54) is 15.3 Å². The molecule has 0 aliphatic heterocycles. The predicted octanol–water partition coefficient (Wildman–Crippen LogP) is 4.91. The molecule has 0 aliphatic rings. The van der Waals surface area contributed by atoms with Crippen LogP contribution in [0.3, 0.4) is 0 Å². The molecular formula is C17H19N3S. The molecule has 3 aromatic rings. The zero-order chi connectivity index (χ0) is 14.8. The van der Waals surface area contributed by atoms with Crippen LogP contribution >= 0.6 is 11.3 Å². The Hall–Kier alpha value is -2.07. The number of hydrogen-bond acceptors (Lipinski definition) is 3. The summed E-state index contributed by atoms with van der Waals surface area (Å²) >= 11 is 1.85. The number of aromatic nitrogens is 2. The fourth-order valence-electron chi connectivity index (χ4n) is 2.59. The average Bonchev–Trinajstić information content (AvgIpc) is 3.06. The molecule has 0 radical (unpaired) electrons. The van der Waals surface area contributed by atoms with Crippen LogP contribution in [0.2, 0.25) is 0 Å². The minimum atomic E-state index is 0.267. The smallest absolute Gasteiger partial charge is 0.207 e. The summed E-state index contributed by atoms with van der Waals surface area (Å²) in [5.74, 6) is 0.872. The lowest BCUT2D eigenvalue weighted by Crippen LogP contribution is -2.09. The predicted molar refractivity (Wildman–Crippen MR) is 89.6 cm³/mol. The maximum atomic E-state index is 4.45. The van der Waals surface area contributed by atoms with Gasteiger partial charge in [0.1, 0.15) is 0 Å². The number of rotatable bonds is 4. The topological polar surface area (TPSA) is 29.9 Å². The van der Waals surface area contributed by atoms with Crippen molar-refractivity contribution in [3.8, 4) is 0 Å². The quantitative estimate of drug-likeness (QED) is 0.741. The van der Waals surface area contributed by atoms with E-state index in [2.05, 4.69) is 41.7 Å². The average molecular weight is 297 g/mol. The van der Waals surface area contributed by atoms with Crippen LogP contribution in [0.4, 0.5) is 11.6 Å². The van der Waals surface area contributed by atoms with Gasteiger partial charge in [-0.15, -0.1) is 11.3 Å². The van der Waals surface area contributed by atoms with E-state index < -0.39 is 0 Å². The summed E-state index contributed by atoms with van der Waals surface area (Å²) in [5.41, 5.74) is 2.42. The monoisotopic (exact) mass is 297 g/mol. The van der Waals surface area contributed by atoms with Crippen molar-refractivity contribution < 1.29 is 0 Å². The third-order valence-electron chi connectivity index (χ3n) is 3.65. The number of para-hydroxylation sites is 1. The van der Waals surface area contributed by atoms with Crippen LogP contribution in [0.5, 0.6) is 0 Å². The van der Waals surface area contributed by atoms with Gasteiger partial charge in [0.2, 0.25) is 5.95 Å². The Morgan fingerprint density at radius 1 is 1.19 bits per heavy atom. The second-order valence-electron chi connectivity index (χ2n) is 5.19. The van der Waals surface area contributed by atoms with E-state index in [0.717, 1.165) is 11.6 Å². The van der Waals surface area contributed by atoms with Gasteiger partial charge in [-0.2, -0.15) is 0 Å². The maximum absolute atomic E-state index is 4.45. The molecule has 0 saturated carbocycles. The van der Waals surface area contributed by atoms with E-state index in [9.17, 15) is 0 Å². The highest BCUT2D eigenvalue weighted by Gasteiger charge is 2.16. The molecule has 0 saturated heterocycles. The summed E-state index contributed by atoms with van der Waals surface area (Å²) in [5, 5.41) is 3.38. The highest BCUT2D eigenvalue weighted by molar-refractivity contribution is 7.12. The van der Waals surface area contributed by atoms with Gasteiger partial charge in [-0.25, -0.2) is 4.98 Å². The van der Waals surface area contributed by atoms with Gasteiger partial charge in [-0.1, -0.05) is 18.2 Å². The molecule has 2 heterocycles. The van der Waals surface area contributed by atoms with Crippen molar-refractivity contribution >= 4 is 23.0 Å². The molecule has 1 unspecified atom stereocenters. The van der Waals surface area contributed by atoms with Crippen molar-refractivity contribution in [1.82, 2.24) is 9.55 Å². The number of hydrogen-bond donors (Lipinski definition) is 1. The first-order valence-electron chi connectivity index (χ1n) is 7.07. The van der Waals surface area contributed by atoms with Gasteiger partial charge < -0.3 is 9.88 Å². The number of nitrogens with zero attached hydrogens (tertiary/aromatic N) is 2. The second-order valence-corrected chi connectivity index (χ2v) is 6.65. The molecule has 1 atom stereocenters. The Morgan fingerprint density at radius 3 is 2.62 bits per heavy atom. The van der Waals surface area contributed by atoms with Crippen molar-refractivity contribution in [2.45, 2.75) is 26.8 Å². The van der Waals surface area contributed by atoms with Crippen LogP contribution in [-0.4, -0.2) is 9.55 Å². The number of anilines is 2. The minimum absolute atomic E-state index is 0.267. The van der Waals surface area contributed by atoms with E-state index in [0.29, 0.717) is 0 Å². The summed E-state index contributed by atoms with van der Waals surface area (Å²) in [6.07, 6.45) is 3.87. The third kappa shape index (κ3) is 2.85. The van der Waals surface area contributed by atoms with Crippen molar-refractivity contribution in [3.63, 3.8) is 0 Å². The summed E-state index contributed by atoms with van der Waals surface area (Å²) in [4.78, 5) is 7.18. The van der Waals surface area contributed by atoms with Gasteiger partial charge in [-0.05, 0) is 44.5 Å². The minimum Gasteiger partial charge on any atom is -0.326 e. The number of nitrogens with one attached hydrogen (secondary N) is 1. The first-order valence-corrected chi connectivity index (χ1v) is 7.88. The third-order valence-corrected chi connectivity index (χ3v) is 4.63. The van der Waals surface area contributed by atoms with Gasteiger partial charge in [0.25, 0.3) is 0 Å². The Morgan fingerprint density at radius 2 is 1.95 bits per heavy atom. The van der Waals surface area contributed by atoms with E-state index in [-0.39, 0.29) is 6.04 Å². The van der Waals surface area contributed by atoms with Crippen molar-refractivity contribution in [3.05, 3.63) is 64.1 Å². The molecule has 1 N–H and O–H groups in total. The lowest BCUT2D eigenvalue weighted by Gasteiger charge is -2.17. The first kappa shape index (κ1) is 13.9. The van der Waals surface area contributed by atoms with Crippen LogP contribution in [0.25, 0.3) is 0 Å². The second kappa shape index (κ2) is 5.74. The molecule has 0 amide bonds. The van der Waals surface area contributed by atoms with E-state index in [4.69, 9.17) is 0 Å². The van der Waals surface area contributed by atoms with E-state index in [1.54, 1.807) is 0 Å². The van der Waals surface area contributed by atoms with Crippen LogP contribution in [0.1, 0.15) is 28.3 Å². The lowest BCUT2D eigenvalue weighted by atomic mass is 10.1. The van der Waals surface area contributed by atoms with E-state index in [1.807, 2.05) is 54.1 Å². The molecule has 0 spiro atoms. The molecule has 3 nitrogen and oxygen atoms in total. The fourth-order valence-corrected chi connectivity index (χ4v) is 3.60. The molecular weight excluding hydrogens is 278 g/mol. The van der Waals surface area contributed by atoms with Crippen molar-refractivity contribution in [2.75, 3.05) is 5.32 Å². The van der Waals surface area contributed by atoms with Gasteiger partial charge in [-0.3, -0.25) is 0 Å². The lowest BCUT2D eigenvalue weighted by molar-refractivity contribution is 0.646. The molecule has 0 bridgehead atoms. The molecule has 2 aromatic heterocycles. The number of imidazole rings is 1. The normalized spacial score (nSPS) is 12.3. The van der Waals surface area contributed by atoms with Crippen molar-refractivity contribution in [1.29, 1.82) is 0 Å². The van der Waals surface area contributed by atoms with Crippen molar-refractivity contribution in [2.24, 2.45) is 0 Å². The zero-order valence-electron chi connectivity index (χ0n) is 12.5.